The molecule has 154 valence electrons. The second-order valence-electron chi connectivity index (χ2n) is 6.26. The second-order valence-corrected chi connectivity index (χ2v) is 7.71. The molecule has 0 aliphatic rings. The van der Waals surface area contributed by atoms with Crippen LogP contribution in [-0.4, -0.2) is 47.9 Å². The number of carbonyl (C=O) groups excluding carboxylic acids is 1. The molecule has 0 spiro atoms. The van der Waals surface area contributed by atoms with Gasteiger partial charge in [0.2, 0.25) is 0 Å². The number of nitrogens with zero attached hydrogens (tertiary/aromatic N) is 4. The van der Waals surface area contributed by atoms with Gasteiger partial charge in [-0.05, 0) is 38.4 Å². The van der Waals surface area contributed by atoms with Crippen molar-refractivity contribution in [3.05, 3.63) is 62.9 Å². The van der Waals surface area contributed by atoms with Crippen LogP contribution in [0.1, 0.15) is 10.4 Å². The third-order valence-electron chi connectivity index (χ3n) is 3.99. The molecule has 0 aliphatic carbocycles. The lowest BCUT2D eigenvalue weighted by molar-refractivity contribution is -0.385. The quantitative estimate of drug-likeness (QED) is 0.397. The van der Waals surface area contributed by atoms with Crippen LogP contribution in [0.2, 0.25) is 5.02 Å². The highest BCUT2D eigenvalue weighted by Gasteiger charge is 2.28. The van der Waals surface area contributed by atoms with Crippen molar-refractivity contribution in [2.75, 3.05) is 32.1 Å². The Balaban J connectivity index is 0.00000300. The largest absolute Gasteiger partial charge is 0.308 e. The number of amides is 1. The number of halogens is 3. The van der Waals surface area contributed by atoms with Crippen LogP contribution in [0.3, 0.4) is 0 Å². The van der Waals surface area contributed by atoms with Gasteiger partial charge in [-0.1, -0.05) is 29.0 Å². The van der Waals surface area contributed by atoms with Crippen LogP contribution in [0.15, 0.2) is 36.4 Å². The zero-order valence-corrected chi connectivity index (χ0v) is 17.9. The van der Waals surface area contributed by atoms with Gasteiger partial charge in [0, 0.05) is 24.2 Å². The van der Waals surface area contributed by atoms with E-state index in [-0.39, 0.29) is 45.9 Å². The summed E-state index contributed by atoms with van der Waals surface area (Å²) < 4.78 is 14.6. The average molecular weight is 459 g/mol. The Bertz CT molecular complexity index is 1060. The Morgan fingerprint density at radius 1 is 1.28 bits per heavy atom. The number of hydrogen-bond acceptors (Lipinski definition) is 6. The van der Waals surface area contributed by atoms with Gasteiger partial charge in [-0.3, -0.25) is 19.8 Å². The van der Waals surface area contributed by atoms with Gasteiger partial charge in [0.1, 0.15) is 16.9 Å². The predicted octanol–water partition coefficient (Wildman–Crippen LogP) is 4.63. The minimum atomic E-state index is -0.633. The van der Waals surface area contributed by atoms with E-state index in [1.54, 1.807) is 12.1 Å². The number of rotatable bonds is 6. The normalized spacial score (nSPS) is 10.8. The summed E-state index contributed by atoms with van der Waals surface area (Å²) in [5.41, 5.74) is -0.335. The molecule has 0 radical (unpaired) electrons. The van der Waals surface area contributed by atoms with Crippen molar-refractivity contribution in [3.8, 4) is 0 Å². The molecule has 1 amide bonds. The highest BCUT2D eigenvalue weighted by Crippen LogP contribution is 2.32. The van der Waals surface area contributed by atoms with E-state index >= 15 is 0 Å². The Labute approximate surface area is 181 Å². The summed E-state index contributed by atoms with van der Waals surface area (Å²) >= 11 is 7.11. The zero-order valence-electron chi connectivity index (χ0n) is 15.5. The Morgan fingerprint density at radius 3 is 2.62 bits per heavy atom. The number of likely N-dealkylation sites (N-methyl/N-ethyl adjacent to an activating group) is 1. The van der Waals surface area contributed by atoms with E-state index in [0.717, 1.165) is 11.3 Å². The molecule has 3 rings (SSSR count). The molecular weight excluding hydrogens is 442 g/mol. The summed E-state index contributed by atoms with van der Waals surface area (Å²) in [7, 11) is 3.67. The summed E-state index contributed by atoms with van der Waals surface area (Å²) in [4.78, 5) is 31.4. The second kappa shape index (κ2) is 9.45. The monoisotopic (exact) mass is 458 g/mol. The number of fused-ring (bicyclic) bond motifs is 1. The molecule has 0 N–H and O–H groups in total. The molecule has 2 aromatic carbocycles. The zero-order chi connectivity index (χ0) is 20.4. The number of nitro groups is 1. The maximum absolute atomic E-state index is 14.0. The van der Waals surface area contributed by atoms with Crippen LogP contribution in [0.4, 0.5) is 15.2 Å². The molecule has 0 fully saturated rings. The maximum atomic E-state index is 14.0. The molecule has 11 heteroatoms. The molecule has 3 aromatic rings. The van der Waals surface area contributed by atoms with E-state index in [0.29, 0.717) is 11.2 Å². The Morgan fingerprint density at radius 2 is 2.00 bits per heavy atom. The third-order valence-corrected chi connectivity index (χ3v) is 5.27. The number of nitro benzene ring substituents is 1. The van der Waals surface area contributed by atoms with Crippen molar-refractivity contribution >= 4 is 62.3 Å². The molecule has 1 aromatic heterocycles. The van der Waals surface area contributed by atoms with Crippen LogP contribution in [0, 0.1) is 15.9 Å². The van der Waals surface area contributed by atoms with E-state index in [9.17, 15) is 19.3 Å². The van der Waals surface area contributed by atoms with Gasteiger partial charge in [0.15, 0.2) is 5.13 Å². The van der Waals surface area contributed by atoms with Crippen molar-refractivity contribution in [2.45, 2.75) is 0 Å². The summed E-state index contributed by atoms with van der Waals surface area (Å²) in [6, 6.07) is 8.37. The molecule has 0 unspecified atom stereocenters. The lowest BCUT2D eigenvalue weighted by Crippen LogP contribution is -2.37. The predicted molar refractivity (Wildman–Crippen MR) is 115 cm³/mol. The van der Waals surface area contributed by atoms with E-state index < -0.39 is 16.6 Å². The summed E-state index contributed by atoms with van der Waals surface area (Å²) in [5, 5.41) is 11.8. The van der Waals surface area contributed by atoms with Crippen LogP contribution in [0.5, 0.6) is 0 Å². The number of benzene rings is 2. The van der Waals surface area contributed by atoms with E-state index in [1.165, 1.54) is 29.2 Å². The van der Waals surface area contributed by atoms with Gasteiger partial charge in [-0.15, -0.1) is 12.4 Å². The molecule has 1 heterocycles. The van der Waals surface area contributed by atoms with Crippen LogP contribution in [0.25, 0.3) is 10.2 Å². The van der Waals surface area contributed by atoms with Crippen LogP contribution >= 0.6 is 35.3 Å². The fourth-order valence-electron chi connectivity index (χ4n) is 2.59. The summed E-state index contributed by atoms with van der Waals surface area (Å²) in [6.07, 6.45) is 0. The number of hydrogen-bond donors (Lipinski definition) is 0. The molecule has 0 aliphatic heterocycles. The lowest BCUT2D eigenvalue weighted by atomic mass is 10.1. The minimum absolute atomic E-state index is 0. The fraction of sp³-hybridized carbons (Fsp3) is 0.222. The van der Waals surface area contributed by atoms with Crippen molar-refractivity contribution < 1.29 is 14.1 Å². The smallest absolute Gasteiger partial charge is 0.282 e. The van der Waals surface area contributed by atoms with Gasteiger partial charge < -0.3 is 4.90 Å². The number of thiazole rings is 1. The number of para-hydroxylation sites is 1. The maximum Gasteiger partial charge on any atom is 0.282 e. The van der Waals surface area contributed by atoms with E-state index in [4.69, 9.17) is 11.6 Å². The van der Waals surface area contributed by atoms with Crippen LogP contribution in [-0.2, 0) is 0 Å². The number of anilines is 1. The first-order valence-corrected chi connectivity index (χ1v) is 9.43. The van der Waals surface area contributed by atoms with Crippen molar-refractivity contribution in [1.29, 1.82) is 0 Å². The average Bonchev–Trinajstić information content (AvgIpc) is 3.06. The molecule has 0 saturated carbocycles. The van der Waals surface area contributed by atoms with E-state index in [2.05, 4.69) is 4.98 Å². The number of aromatic nitrogens is 1. The standard InChI is InChI=1S/C18H16ClFN4O3S.ClH/c1-22(2)8-9-23(18-21-16-13(20)4-3-5-15(16)28-18)17(25)12-10-11(19)6-7-14(12)24(26)27;/h3-7,10H,8-9H2,1-2H3;1H. The number of carbonyl (C=O) groups is 1. The topological polar surface area (TPSA) is 79.6 Å². The highest BCUT2D eigenvalue weighted by molar-refractivity contribution is 7.22. The Kier molecular flexibility index (Phi) is 7.48. The van der Waals surface area contributed by atoms with Crippen molar-refractivity contribution in [2.24, 2.45) is 0 Å². The van der Waals surface area contributed by atoms with Gasteiger partial charge >= 0.3 is 0 Å². The first-order valence-electron chi connectivity index (χ1n) is 8.23. The van der Waals surface area contributed by atoms with Crippen molar-refractivity contribution in [1.82, 2.24) is 9.88 Å². The summed E-state index contributed by atoms with van der Waals surface area (Å²) in [5.74, 6) is -1.11. The lowest BCUT2D eigenvalue weighted by Gasteiger charge is -2.22. The molecule has 0 bridgehead atoms. The van der Waals surface area contributed by atoms with E-state index in [1.807, 2.05) is 19.0 Å². The first-order chi connectivity index (χ1) is 13.3. The van der Waals surface area contributed by atoms with Gasteiger partial charge in [0.25, 0.3) is 11.6 Å². The van der Waals surface area contributed by atoms with Gasteiger partial charge in [0.05, 0.1) is 9.62 Å². The summed E-state index contributed by atoms with van der Waals surface area (Å²) in [6.45, 7) is 0.704. The van der Waals surface area contributed by atoms with Crippen molar-refractivity contribution in [3.63, 3.8) is 0 Å². The molecule has 0 saturated heterocycles. The molecule has 29 heavy (non-hydrogen) atoms. The third kappa shape index (κ3) is 4.99. The fourth-order valence-corrected chi connectivity index (χ4v) is 3.76. The highest BCUT2D eigenvalue weighted by atomic mass is 35.5. The SMILES string of the molecule is CN(C)CCN(C(=O)c1cc(Cl)ccc1[N+](=O)[O-])c1nc2c(F)cccc2s1.Cl. The van der Waals surface area contributed by atoms with Crippen LogP contribution < -0.4 is 4.90 Å². The first kappa shape index (κ1) is 23.0. The minimum Gasteiger partial charge on any atom is -0.308 e. The molecule has 7 nitrogen and oxygen atoms in total. The van der Waals surface area contributed by atoms with Gasteiger partial charge in [-0.2, -0.15) is 0 Å². The Hall–Kier alpha value is -2.33. The molecular formula is C18H17Cl2FN4O3S. The van der Waals surface area contributed by atoms with Gasteiger partial charge in [-0.25, -0.2) is 9.37 Å². The molecule has 0 atom stereocenters.